The predicted molar refractivity (Wildman–Crippen MR) is 100 cm³/mol. The molecule has 1 heterocycles. The number of allylic oxidation sites excluding steroid dienone is 1. The van der Waals surface area contributed by atoms with E-state index in [0.717, 1.165) is 5.56 Å². The Balaban J connectivity index is 2.16. The van der Waals surface area contributed by atoms with Crippen LogP contribution in [-0.2, 0) is 7.05 Å². The highest BCUT2D eigenvalue weighted by atomic mass is 32.2. The van der Waals surface area contributed by atoms with E-state index in [1.807, 2.05) is 49.0 Å². The topological polar surface area (TPSA) is 33.1 Å². The second-order valence-electron chi connectivity index (χ2n) is 5.06. The fourth-order valence-corrected chi connectivity index (χ4v) is 2.99. The minimum absolute atomic E-state index is 0.306. The van der Waals surface area contributed by atoms with Crippen molar-refractivity contribution >= 4 is 29.0 Å². The van der Waals surface area contributed by atoms with Crippen molar-refractivity contribution in [1.29, 1.82) is 0 Å². The summed E-state index contributed by atoms with van der Waals surface area (Å²) < 4.78 is 15.9. The summed E-state index contributed by atoms with van der Waals surface area (Å²) in [6.45, 7) is 5.85. The van der Waals surface area contributed by atoms with Gasteiger partial charge in [-0.2, -0.15) is 0 Å². The van der Waals surface area contributed by atoms with Gasteiger partial charge >= 0.3 is 0 Å². The molecule has 0 aliphatic rings. The second-order valence-corrected chi connectivity index (χ2v) is 6.48. The van der Waals surface area contributed by atoms with Gasteiger partial charge in [-0.05, 0) is 36.9 Å². The van der Waals surface area contributed by atoms with Crippen LogP contribution in [0, 0.1) is 5.82 Å². The van der Waals surface area contributed by atoms with E-state index in [9.17, 15) is 4.39 Å². The van der Waals surface area contributed by atoms with E-state index < -0.39 is 0 Å². The first-order valence-electron chi connectivity index (χ1n) is 7.23. The van der Waals surface area contributed by atoms with Crippen LogP contribution in [0.2, 0.25) is 0 Å². The quantitative estimate of drug-likeness (QED) is 0.788. The summed E-state index contributed by atoms with van der Waals surface area (Å²) in [5.74, 6) is 0.333. The molecule has 2 aromatic rings. The summed E-state index contributed by atoms with van der Waals surface area (Å²) in [5.41, 5.74) is 0.720. The molecule has 0 saturated heterocycles. The molecule has 0 bridgehead atoms. The van der Waals surface area contributed by atoms with Crippen LogP contribution in [0.25, 0.3) is 0 Å². The molecule has 1 aromatic carbocycles. The van der Waals surface area contributed by atoms with Crippen LogP contribution in [0.3, 0.4) is 0 Å². The Bertz CT molecular complexity index is 783. The first-order valence-corrected chi connectivity index (χ1v) is 8.45. The number of hydrogen-bond donors (Lipinski definition) is 1. The van der Waals surface area contributed by atoms with Gasteiger partial charge < -0.3 is 14.8 Å². The molecule has 0 amide bonds. The normalized spacial score (nSPS) is 10.8. The highest BCUT2D eigenvalue weighted by Gasteiger charge is 2.12. The van der Waals surface area contributed by atoms with Gasteiger partial charge in [-0.1, -0.05) is 24.9 Å². The molecule has 0 unspecified atom stereocenters. The molecular weight excluding hydrogens is 343 g/mol. The average Bonchev–Trinajstić information content (AvgIpc) is 2.94. The van der Waals surface area contributed by atoms with Gasteiger partial charge in [0.1, 0.15) is 16.6 Å². The lowest BCUT2D eigenvalue weighted by Crippen LogP contribution is -2.29. The van der Waals surface area contributed by atoms with E-state index in [4.69, 9.17) is 12.2 Å². The van der Waals surface area contributed by atoms with Gasteiger partial charge in [0.15, 0.2) is 5.16 Å². The summed E-state index contributed by atoms with van der Waals surface area (Å²) in [7, 11) is 3.73. The van der Waals surface area contributed by atoms with E-state index in [1.54, 1.807) is 18.3 Å². The maximum atomic E-state index is 14.1. The third-order valence-electron chi connectivity index (χ3n) is 3.23. The zero-order valence-corrected chi connectivity index (χ0v) is 15.4. The van der Waals surface area contributed by atoms with Gasteiger partial charge in [0.05, 0.1) is 4.90 Å². The molecule has 24 heavy (non-hydrogen) atoms. The molecule has 0 aliphatic heterocycles. The van der Waals surface area contributed by atoms with Crippen LogP contribution in [0.15, 0.2) is 65.3 Å². The molecule has 0 radical (unpaired) electrons. The van der Waals surface area contributed by atoms with Gasteiger partial charge in [-0.15, -0.1) is 0 Å². The number of rotatable bonds is 6. The van der Waals surface area contributed by atoms with Gasteiger partial charge in [0.2, 0.25) is 0 Å². The molecule has 0 fully saturated rings. The lowest BCUT2D eigenvalue weighted by atomic mass is 10.2. The number of hydrogen-bond acceptors (Lipinski definition) is 4. The zero-order valence-electron chi connectivity index (χ0n) is 13.8. The lowest BCUT2D eigenvalue weighted by Gasteiger charge is -2.19. The van der Waals surface area contributed by atoms with Crippen LogP contribution in [0.5, 0.6) is 0 Å². The van der Waals surface area contributed by atoms with Crippen LogP contribution < -0.4 is 5.32 Å². The Kier molecular flexibility index (Phi) is 6.16. The van der Waals surface area contributed by atoms with E-state index in [2.05, 4.69) is 16.9 Å². The maximum absolute atomic E-state index is 14.1. The van der Waals surface area contributed by atoms with E-state index in [1.165, 1.54) is 17.8 Å². The number of halogens is 1. The Labute approximate surface area is 151 Å². The Morgan fingerprint density at radius 2 is 2.25 bits per heavy atom. The number of aryl methyl sites for hydroxylation is 1. The van der Waals surface area contributed by atoms with E-state index in [0.29, 0.717) is 20.9 Å². The Hall–Kier alpha value is -2.12. The third-order valence-corrected chi connectivity index (χ3v) is 4.67. The standard InChI is InChI=1S/C17H19FN4S2/c1-5-9-21(3)12(2)20-16(23)13-6-7-14(18)15(11-13)24-17-19-8-10-22(17)4/h5-11H,2H2,1,3-4H3,(H,20,23)/b9-5-. The molecule has 1 aromatic heterocycles. The van der Waals surface area contributed by atoms with Crippen LogP contribution >= 0.6 is 24.0 Å². The average molecular weight is 362 g/mol. The third kappa shape index (κ3) is 4.46. The molecule has 2 rings (SSSR count). The number of benzene rings is 1. The predicted octanol–water partition coefficient (Wildman–Crippen LogP) is 3.91. The van der Waals surface area contributed by atoms with Crippen LogP contribution in [0.4, 0.5) is 4.39 Å². The summed E-state index contributed by atoms with van der Waals surface area (Å²) in [4.78, 5) is 6.97. The first kappa shape index (κ1) is 18.2. The highest BCUT2D eigenvalue weighted by molar-refractivity contribution is 7.99. The lowest BCUT2D eigenvalue weighted by molar-refractivity contribution is 0.544. The number of aromatic nitrogens is 2. The number of nitrogens with one attached hydrogen (secondary N) is 1. The molecule has 0 aliphatic carbocycles. The molecule has 7 heteroatoms. The minimum Gasteiger partial charge on any atom is -0.338 e. The van der Waals surface area contributed by atoms with Crippen molar-refractivity contribution in [2.24, 2.45) is 7.05 Å². The monoisotopic (exact) mass is 362 g/mol. The molecular formula is C17H19FN4S2. The largest absolute Gasteiger partial charge is 0.338 e. The van der Waals surface area contributed by atoms with Gasteiger partial charge in [0.25, 0.3) is 0 Å². The fraction of sp³-hybridized carbons (Fsp3) is 0.176. The van der Waals surface area contributed by atoms with Crippen LogP contribution in [0.1, 0.15) is 12.5 Å². The van der Waals surface area contributed by atoms with Gasteiger partial charge in [-0.3, -0.25) is 0 Å². The summed E-state index contributed by atoms with van der Waals surface area (Å²) >= 11 is 6.66. The molecule has 0 atom stereocenters. The fourth-order valence-electron chi connectivity index (χ4n) is 1.88. The number of imidazole rings is 1. The maximum Gasteiger partial charge on any atom is 0.172 e. The highest BCUT2D eigenvalue weighted by Crippen LogP contribution is 2.29. The van der Waals surface area contributed by atoms with Gasteiger partial charge in [-0.25, -0.2) is 9.37 Å². The van der Waals surface area contributed by atoms with Crippen molar-refractivity contribution in [2.45, 2.75) is 17.0 Å². The van der Waals surface area contributed by atoms with Crippen molar-refractivity contribution in [3.63, 3.8) is 0 Å². The van der Waals surface area contributed by atoms with Gasteiger partial charge in [0, 0.05) is 38.3 Å². The van der Waals surface area contributed by atoms with Crippen molar-refractivity contribution in [3.8, 4) is 0 Å². The number of thiocarbonyl (C=S) groups is 1. The summed E-state index contributed by atoms with van der Waals surface area (Å²) in [6.07, 6.45) is 7.26. The van der Waals surface area contributed by atoms with E-state index >= 15 is 0 Å². The van der Waals surface area contributed by atoms with Crippen molar-refractivity contribution in [3.05, 3.63) is 66.6 Å². The summed E-state index contributed by atoms with van der Waals surface area (Å²) in [5, 5.41) is 3.77. The van der Waals surface area contributed by atoms with Crippen molar-refractivity contribution in [2.75, 3.05) is 7.05 Å². The van der Waals surface area contributed by atoms with Crippen molar-refractivity contribution in [1.82, 2.24) is 19.8 Å². The van der Waals surface area contributed by atoms with Crippen molar-refractivity contribution < 1.29 is 4.39 Å². The van der Waals surface area contributed by atoms with E-state index in [-0.39, 0.29) is 5.82 Å². The first-order chi connectivity index (χ1) is 11.4. The minimum atomic E-state index is -0.306. The number of nitrogens with zero attached hydrogens (tertiary/aromatic N) is 3. The SMILES string of the molecule is C=C(NC(=S)c1ccc(F)c(Sc2nccn2C)c1)N(C)/C=C\C. The Morgan fingerprint density at radius 1 is 1.50 bits per heavy atom. The summed E-state index contributed by atoms with van der Waals surface area (Å²) in [6, 6.07) is 4.77. The van der Waals surface area contributed by atoms with Crippen LogP contribution in [-0.4, -0.2) is 26.5 Å². The molecule has 126 valence electrons. The second kappa shape index (κ2) is 8.12. The molecule has 0 saturated carbocycles. The Morgan fingerprint density at radius 3 is 2.88 bits per heavy atom. The zero-order chi connectivity index (χ0) is 17.7. The smallest absolute Gasteiger partial charge is 0.172 e. The molecule has 4 nitrogen and oxygen atoms in total. The molecule has 0 spiro atoms. The molecule has 1 N–H and O–H groups in total.